The largest absolute Gasteiger partial charge is 0.373 e. The molecule has 2 N–H and O–H groups in total. The molecule has 1 amide bonds. The molecule has 3 rings (SSSR count). The fourth-order valence-corrected chi connectivity index (χ4v) is 2.96. The summed E-state index contributed by atoms with van der Waals surface area (Å²) in [7, 11) is 0. The molecule has 0 aliphatic carbocycles. The van der Waals surface area contributed by atoms with Gasteiger partial charge in [-0.2, -0.15) is 0 Å². The molecule has 3 atom stereocenters. The molecule has 1 aromatic rings. The summed E-state index contributed by atoms with van der Waals surface area (Å²) in [5.74, 6) is -0.398. The Labute approximate surface area is 116 Å². The van der Waals surface area contributed by atoms with Crippen molar-refractivity contribution in [3.63, 3.8) is 0 Å². The van der Waals surface area contributed by atoms with Gasteiger partial charge in [-0.05, 0) is 32.3 Å². The minimum atomic E-state index is -0.513. The molecule has 2 aliphatic heterocycles. The van der Waals surface area contributed by atoms with Gasteiger partial charge in [0.15, 0.2) is 0 Å². The zero-order valence-corrected chi connectivity index (χ0v) is 11.4. The van der Waals surface area contributed by atoms with Crippen LogP contribution in [0.1, 0.15) is 36.5 Å². The van der Waals surface area contributed by atoms with Gasteiger partial charge in [-0.25, -0.2) is 9.37 Å². The van der Waals surface area contributed by atoms with Crippen LogP contribution < -0.4 is 10.6 Å². The average molecular weight is 279 g/mol. The molecule has 2 bridgehead atoms. The monoisotopic (exact) mass is 279 g/mol. The Morgan fingerprint density at radius 1 is 1.55 bits per heavy atom. The summed E-state index contributed by atoms with van der Waals surface area (Å²) in [6.07, 6.45) is 4.38. The second-order valence-corrected chi connectivity index (χ2v) is 5.27. The highest BCUT2D eigenvalue weighted by molar-refractivity contribution is 5.98. The molecule has 0 saturated carbocycles. The number of fused-ring (bicyclic) bond motifs is 2. The number of carbonyl (C=O) groups is 1. The highest BCUT2D eigenvalue weighted by Crippen LogP contribution is 2.34. The van der Waals surface area contributed by atoms with Crippen LogP contribution in [-0.2, 0) is 4.74 Å². The second kappa shape index (κ2) is 5.36. The van der Waals surface area contributed by atoms with Gasteiger partial charge in [0.25, 0.3) is 5.91 Å². The maximum Gasteiger partial charge on any atom is 0.255 e. The van der Waals surface area contributed by atoms with E-state index in [1.165, 1.54) is 6.07 Å². The zero-order valence-electron chi connectivity index (χ0n) is 11.4. The van der Waals surface area contributed by atoms with Gasteiger partial charge in [-0.15, -0.1) is 0 Å². The Kier molecular flexibility index (Phi) is 3.56. The number of aromatic nitrogens is 1. The van der Waals surface area contributed by atoms with Crippen LogP contribution in [0.3, 0.4) is 0 Å². The molecule has 5 nitrogen and oxygen atoms in total. The number of nitrogens with one attached hydrogen (secondary N) is 2. The van der Waals surface area contributed by atoms with Crippen LogP contribution in [0.25, 0.3) is 0 Å². The number of hydrogen-bond donors (Lipinski definition) is 2. The number of pyridine rings is 1. The molecule has 1 aromatic heterocycles. The minimum absolute atomic E-state index is 0.0268. The number of carbonyl (C=O) groups excluding carboxylic acids is 1. The maximum absolute atomic E-state index is 13.3. The van der Waals surface area contributed by atoms with E-state index in [0.29, 0.717) is 12.4 Å². The van der Waals surface area contributed by atoms with E-state index in [1.807, 2.05) is 6.92 Å². The number of amides is 1. The van der Waals surface area contributed by atoms with Gasteiger partial charge in [0.1, 0.15) is 11.6 Å². The van der Waals surface area contributed by atoms with Gasteiger partial charge in [0, 0.05) is 6.54 Å². The Morgan fingerprint density at radius 3 is 3.05 bits per heavy atom. The maximum atomic E-state index is 13.3. The molecule has 3 heterocycles. The summed E-state index contributed by atoms with van der Waals surface area (Å²) < 4.78 is 19.0. The molecular weight excluding hydrogens is 261 g/mol. The van der Waals surface area contributed by atoms with Crippen molar-refractivity contribution >= 4 is 11.7 Å². The van der Waals surface area contributed by atoms with E-state index in [4.69, 9.17) is 4.74 Å². The van der Waals surface area contributed by atoms with E-state index >= 15 is 0 Å². The summed E-state index contributed by atoms with van der Waals surface area (Å²) in [4.78, 5) is 16.2. The molecule has 3 unspecified atom stereocenters. The first-order valence-corrected chi connectivity index (χ1v) is 7.03. The highest BCUT2D eigenvalue weighted by Gasteiger charge is 2.41. The lowest BCUT2D eigenvalue weighted by Crippen LogP contribution is -2.41. The molecule has 2 saturated heterocycles. The fraction of sp³-hybridized carbons (Fsp3) is 0.571. The van der Waals surface area contributed by atoms with E-state index in [0.717, 1.165) is 25.5 Å². The molecule has 2 fully saturated rings. The van der Waals surface area contributed by atoms with Gasteiger partial charge in [-0.3, -0.25) is 4.79 Å². The van der Waals surface area contributed by atoms with Crippen molar-refractivity contribution in [2.24, 2.45) is 0 Å². The third-order valence-electron chi connectivity index (χ3n) is 3.87. The van der Waals surface area contributed by atoms with Crippen molar-refractivity contribution in [2.75, 3.05) is 11.9 Å². The molecule has 2 aliphatic rings. The van der Waals surface area contributed by atoms with Crippen molar-refractivity contribution in [1.82, 2.24) is 10.3 Å². The molecule has 0 radical (unpaired) electrons. The van der Waals surface area contributed by atoms with E-state index in [1.54, 1.807) is 0 Å². The van der Waals surface area contributed by atoms with Crippen LogP contribution in [0.5, 0.6) is 0 Å². The van der Waals surface area contributed by atoms with Gasteiger partial charge in [0.2, 0.25) is 0 Å². The van der Waals surface area contributed by atoms with Crippen molar-refractivity contribution in [1.29, 1.82) is 0 Å². The van der Waals surface area contributed by atoms with Crippen LogP contribution in [0, 0.1) is 5.82 Å². The van der Waals surface area contributed by atoms with Gasteiger partial charge in [-0.1, -0.05) is 0 Å². The molecule has 0 spiro atoms. The van der Waals surface area contributed by atoms with Crippen LogP contribution in [0.4, 0.5) is 10.2 Å². The number of anilines is 1. The van der Waals surface area contributed by atoms with Gasteiger partial charge >= 0.3 is 0 Å². The molecule has 108 valence electrons. The summed E-state index contributed by atoms with van der Waals surface area (Å²) >= 11 is 0. The second-order valence-electron chi connectivity index (χ2n) is 5.27. The number of nitrogens with zero attached hydrogens (tertiary/aromatic N) is 1. The van der Waals surface area contributed by atoms with E-state index in [2.05, 4.69) is 15.6 Å². The van der Waals surface area contributed by atoms with Crippen molar-refractivity contribution in [3.05, 3.63) is 23.6 Å². The molecular formula is C14H18FN3O2. The summed E-state index contributed by atoms with van der Waals surface area (Å²) in [5.41, 5.74) is 0.245. The predicted octanol–water partition coefficient (Wildman–Crippen LogP) is 1.70. The van der Waals surface area contributed by atoms with Crippen LogP contribution >= 0.6 is 0 Å². The van der Waals surface area contributed by atoms with E-state index in [9.17, 15) is 9.18 Å². The lowest BCUT2D eigenvalue weighted by atomic mass is 9.95. The molecule has 6 heteroatoms. The van der Waals surface area contributed by atoms with Crippen LogP contribution in [0.15, 0.2) is 12.3 Å². The fourth-order valence-electron chi connectivity index (χ4n) is 2.96. The molecule has 0 aromatic carbocycles. The lowest BCUT2D eigenvalue weighted by Gasteiger charge is -2.20. The SMILES string of the molecule is CCNc1ncc(F)cc1C(=O)NC1CC2CCC1O2. The molecule has 20 heavy (non-hydrogen) atoms. The summed E-state index contributed by atoms with van der Waals surface area (Å²) in [6, 6.07) is 1.24. The Hall–Kier alpha value is -1.69. The quantitative estimate of drug-likeness (QED) is 0.880. The predicted molar refractivity (Wildman–Crippen MR) is 72.1 cm³/mol. The van der Waals surface area contributed by atoms with E-state index < -0.39 is 5.82 Å². The van der Waals surface area contributed by atoms with Crippen LogP contribution in [-0.4, -0.2) is 35.7 Å². The lowest BCUT2D eigenvalue weighted by molar-refractivity contribution is 0.0841. The zero-order chi connectivity index (χ0) is 14.1. The van der Waals surface area contributed by atoms with Crippen LogP contribution in [0.2, 0.25) is 0 Å². The Morgan fingerprint density at radius 2 is 2.40 bits per heavy atom. The van der Waals surface area contributed by atoms with Crippen molar-refractivity contribution in [2.45, 2.75) is 44.4 Å². The smallest absolute Gasteiger partial charge is 0.255 e. The first-order chi connectivity index (χ1) is 9.67. The summed E-state index contributed by atoms with van der Waals surface area (Å²) in [5, 5.41) is 5.92. The van der Waals surface area contributed by atoms with Gasteiger partial charge < -0.3 is 15.4 Å². The van der Waals surface area contributed by atoms with Gasteiger partial charge in [0.05, 0.1) is 30.0 Å². The van der Waals surface area contributed by atoms with E-state index in [-0.39, 0.29) is 29.7 Å². The Bertz CT molecular complexity index is 523. The topological polar surface area (TPSA) is 63.2 Å². The number of hydrogen-bond acceptors (Lipinski definition) is 4. The first kappa shape index (κ1) is 13.3. The van der Waals surface area contributed by atoms with Crippen molar-refractivity contribution < 1.29 is 13.9 Å². The Balaban J connectivity index is 1.74. The number of halogens is 1. The number of rotatable bonds is 4. The third kappa shape index (κ3) is 2.47. The normalized spacial score (nSPS) is 27.6. The summed E-state index contributed by atoms with van der Waals surface area (Å²) in [6.45, 7) is 2.52. The van der Waals surface area contributed by atoms with Crippen molar-refractivity contribution in [3.8, 4) is 0 Å². The minimum Gasteiger partial charge on any atom is -0.373 e. The number of ether oxygens (including phenoxy) is 1. The standard InChI is InChI=1S/C14H18FN3O2/c1-2-16-13-10(5-8(15)7-17-13)14(19)18-11-6-9-3-4-12(11)20-9/h5,7,9,11-12H,2-4,6H2,1H3,(H,16,17)(H,18,19). The first-order valence-electron chi connectivity index (χ1n) is 7.03. The average Bonchev–Trinajstić information content (AvgIpc) is 3.03. The highest BCUT2D eigenvalue weighted by atomic mass is 19.1. The third-order valence-corrected chi connectivity index (χ3v) is 3.87.